The third kappa shape index (κ3) is 6.49. The van der Waals surface area contributed by atoms with Gasteiger partial charge in [-0.2, -0.15) is 0 Å². The summed E-state index contributed by atoms with van der Waals surface area (Å²) >= 11 is 0. The average molecular weight is 597 g/mol. The van der Waals surface area contributed by atoms with Crippen molar-refractivity contribution < 1.29 is 14.0 Å². The van der Waals surface area contributed by atoms with Crippen molar-refractivity contribution in [2.75, 3.05) is 0 Å². The second-order valence-corrected chi connectivity index (χ2v) is 14.4. The number of Topliss-reactive ketones (excluding diaryl/α,β-unsaturated/α-hetero) is 2. The molecule has 0 atom stereocenters. The Morgan fingerprint density at radius 1 is 0.467 bits per heavy atom. The van der Waals surface area contributed by atoms with Crippen LogP contribution in [0.25, 0.3) is 11.1 Å². The molecule has 3 nitrogen and oxygen atoms in total. The molecule has 2 aromatic carbocycles. The Hall–Kier alpha value is -4.50. The lowest BCUT2D eigenvalue weighted by Gasteiger charge is -2.20. The van der Waals surface area contributed by atoms with Gasteiger partial charge in [-0.25, -0.2) is 0 Å². The van der Waals surface area contributed by atoms with E-state index in [0.717, 1.165) is 33.4 Å². The molecular formula is C42H44O3. The Morgan fingerprint density at radius 2 is 0.756 bits per heavy atom. The Bertz CT molecular complexity index is 1690. The van der Waals surface area contributed by atoms with Crippen molar-refractivity contribution in [1.82, 2.24) is 0 Å². The number of rotatable bonds is 4. The van der Waals surface area contributed by atoms with Crippen molar-refractivity contribution in [2.24, 2.45) is 0 Å². The first-order valence-electron chi connectivity index (χ1n) is 15.7. The quantitative estimate of drug-likeness (QED) is 0.301. The molecule has 3 aromatic rings. The van der Waals surface area contributed by atoms with E-state index in [2.05, 4.69) is 90.1 Å². The minimum atomic E-state index is 0.0240. The van der Waals surface area contributed by atoms with E-state index in [1.165, 1.54) is 11.1 Å². The van der Waals surface area contributed by atoms with Gasteiger partial charge in [0.1, 0.15) is 11.5 Å². The normalized spacial score (nSPS) is 15.9. The first-order chi connectivity index (χ1) is 21.0. The Balaban J connectivity index is 1.73. The zero-order valence-corrected chi connectivity index (χ0v) is 28.3. The highest BCUT2D eigenvalue weighted by Crippen LogP contribution is 2.39. The van der Waals surface area contributed by atoms with Gasteiger partial charge in [0.05, 0.1) is 0 Å². The maximum Gasteiger partial charge on any atom is 0.184 e. The van der Waals surface area contributed by atoms with E-state index in [-0.39, 0.29) is 22.4 Å². The predicted molar refractivity (Wildman–Crippen MR) is 186 cm³/mol. The summed E-state index contributed by atoms with van der Waals surface area (Å²) in [5.74, 6) is 1.54. The van der Waals surface area contributed by atoms with E-state index in [4.69, 9.17) is 4.42 Å². The second kappa shape index (κ2) is 11.8. The van der Waals surface area contributed by atoms with Crippen LogP contribution < -0.4 is 0 Å². The van der Waals surface area contributed by atoms with Gasteiger partial charge in [-0.3, -0.25) is 9.59 Å². The summed E-state index contributed by atoms with van der Waals surface area (Å²) in [5.41, 5.74) is 11.1. The van der Waals surface area contributed by atoms with Crippen LogP contribution in [-0.4, -0.2) is 11.6 Å². The summed E-state index contributed by atoms with van der Waals surface area (Å²) in [7, 11) is 0. The fourth-order valence-corrected chi connectivity index (χ4v) is 5.97. The maximum atomic E-state index is 12.7. The molecule has 45 heavy (non-hydrogen) atoms. The fourth-order valence-electron chi connectivity index (χ4n) is 5.97. The topological polar surface area (TPSA) is 47.3 Å². The highest BCUT2D eigenvalue weighted by molar-refractivity contribution is 6.11. The molecule has 5 rings (SSSR count). The molecule has 2 aliphatic rings. The predicted octanol–water partition coefficient (Wildman–Crippen LogP) is 10.4. The largest absolute Gasteiger partial charge is 0.456 e. The molecule has 0 fully saturated rings. The van der Waals surface area contributed by atoms with Gasteiger partial charge in [0.25, 0.3) is 0 Å². The highest BCUT2D eigenvalue weighted by atomic mass is 16.3. The van der Waals surface area contributed by atoms with E-state index in [1.807, 2.05) is 64.1 Å². The van der Waals surface area contributed by atoms with Crippen molar-refractivity contribution >= 4 is 22.7 Å². The lowest BCUT2D eigenvalue weighted by atomic mass is 9.84. The standard InChI is InChI=1S/C42H44O3/c1-25-21-31(22-26(2)39(25)43)37(29-11-15-33(16-12-29)41(5,6)7)35-19-20-36(45-35)38(32-23-27(3)40(44)28(4)24-32)30-13-17-34(18-14-30)42(8,9)10/h11-24H,1-10H3. The number of benzene rings is 2. The Labute approximate surface area is 268 Å². The van der Waals surface area contributed by atoms with Gasteiger partial charge in [-0.15, -0.1) is 0 Å². The molecule has 0 radical (unpaired) electrons. The second-order valence-electron chi connectivity index (χ2n) is 14.4. The van der Waals surface area contributed by atoms with Crippen molar-refractivity contribution in [3.8, 4) is 0 Å². The lowest BCUT2D eigenvalue weighted by molar-refractivity contribution is -0.113. The van der Waals surface area contributed by atoms with Gasteiger partial charge in [0.2, 0.25) is 0 Å². The summed E-state index contributed by atoms with van der Waals surface area (Å²) in [5, 5.41) is 0. The maximum absolute atomic E-state index is 12.7. The SMILES string of the molecule is CC1=CC(=C(c2ccc(C(C)(C)C)cc2)c2ccc(C(=C3C=C(C)C(=O)C(C)=C3)c3ccc(C(C)(C)C)cc3)o2)C=C(C)C1=O. The molecule has 230 valence electrons. The molecule has 0 spiro atoms. The van der Waals surface area contributed by atoms with Gasteiger partial charge in [-0.1, -0.05) is 90.1 Å². The zero-order valence-electron chi connectivity index (χ0n) is 28.3. The minimum Gasteiger partial charge on any atom is -0.456 e. The first-order valence-corrected chi connectivity index (χ1v) is 15.7. The van der Waals surface area contributed by atoms with Crippen LogP contribution in [0.2, 0.25) is 0 Å². The zero-order chi connectivity index (χ0) is 32.8. The van der Waals surface area contributed by atoms with Crippen LogP contribution in [0.15, 0.2) is 123 Å². The number of furan rings is 1. The lowest BCUT2D eigenvalue weighted by Crippen LogP contribution is -2.11. The van der Waals surface area contributed by atoms with Gasteiger partial charge in [0, 0.05) is 11.1 Å². The van der Waals surface area contributed by atoms with Crippen molar-refractivity contribution in [2.45, 2.75) is 80.1 Å². The number of carbonyl (C=O) groups excluding carboxylic acids is 2. The van der Waals surface area contributed by atoms with Crippen LogP contribution in [-0.2, 0) is 20.4 Å². The molecule has 3 heteroatoms. The van der Waals surface area contributed by atoms with Crippen molar-refractivity contribution in [3.63, 3.8) is 0 Å². The van der Waals surface area contributed by atoms with Gasteiger partial charge < -0.3 is 4.42 Å². The molecule has 0 bridgehead atoms. The van der Waals surface area contributed by atoms with E-state index >= 15 is 0 Å². The molecule has 0 amide bonds. The highest BCUT2D eigenvalue weighted by Gasteiger charge is 2.24. The summed E-state index contributed by atoms with van der Waals surface area (Å²) in [6.45, 7) is 20.7. The summed E-state index contributed by atoms with van der Waals surface area (Å²) < 4.78 is 6.81. The summed E-state index contributed by atoms with van der Waals surface area (Å²) in [4.78, 5) is 25.4. The van der Waals surface area contributed by atoms with Gasteiger partial charge in [-0.05, 0) is 131 Å². The minimum absolute atomic E-state index is 0.0240. The molecule has 2 aliphatic carbocycles. The fraction of sp³-hybridized carbons (Fsp3) is 0.286. The molecule has 1 heterocycles. The van der Waals surface area contributed by atoms with Crippen LogP contribution in [0.5, 0.6) is 0 Å². The number of hydrogen-bond acceptors (Lipinski definition) is 3. The third-order valence-electron chi connectivity index (χ3n) is 8.68. The molecule has 1 aromatic heterocycles. The first kappa shape index (κ1) is 31.9. The monoisotopic (exact) mass is 596 g/mol. The van der Waals surface area contributed by atoms with Crippen LogP contribution in [0.1, 0.15) is 103 Å². The smallest absolute Gasteiger partial charge is 0.184 e. The number of hydrogen-bond donors (Lipinski definition) is 0. The summed E-state index contributed by atoms with van der Waals surface area (Å²) in [6, 6.07) is 21.3. The molecule has 0 aliphatic heterocycles. The van der Waals surface area contributed by atoms with Gasteiger partial charge >= 0.3 is 0 Å². The van der Waals surface area contributed by atoms with Crippen molar-refractivity contribution in [3.05, 3.63) is 152 Å². The number of carbonyl (C=O) groups is 2. The number of ketones is 2. The number of allylic oxidation sites excluding steroid dienone is 10. The van der Waals surface area contributed by atoms with E-state index in [0.29, 0.717) is 33.8 Å². The Morgan fingerprint density at radius 3 is 1.02 bits per heavy atom. The van der Waals surface area contributed by atoms with Crippen LogP contribution in [0.3, 0.4) is 0 Å². The van der Waals surface area contributed by atoms with E-state index in [1.54, 1.807) is 0 Å². The molecular weight excluding hydrogens is 552 g/mol. The molecule has 0 saturated heterocycles. The summed E-state index contributed by atoms with van der Waals surface area (Å²) in [6.07, 6.45) is 7.83. The van der Waals surface area contributed by atoms with E-state index < -0.39 is 0 Å². The molecule has 0 N–H and O–H groups in total. The Kier molecular flexibility index (Phi) is 8.35. The molecule has 0 unspecified atom stereocenters. The molecule has 0 saturated carbocycles. The van der Waals surface area contributed by atoms with E-state index in [9.17, 15) is 9.59 Å². The van der Waals surface area contributed by atoms with Crippen LogP contribution in [0.4, 0.5) is 0 Å². The average Bonchev–Trinajstić information content (AvgIpc) is 3.43. The van der Waals surface area contributed by atoms with Crippen molar-refractivity contribution in [1.29, 1.82) is 0 Å². The van der Waals surface area contributed by atoms with Gasteiger partial charge in [0.15, 0.2) is 11.6 Å². The van der Waals surface area contributed by atoms with Crippen LogP contribution in [0, 0.1) is 0 Å². The third-order valence-corrected chi connectivity index (χ3v) is 8.68. The van der Waals surface area contributed by atoms with Crippen LogP contribution >= 0.6 is 0 Å².